The van der Waals surface area contributed by atoms with Crippen molar-refractivity contribution in [3.05, 3.63) is 23.7 Å². The van der Waals surface area contributed by atoms with Crippen LogP contribution in [0.2, 0.25) is 0 Å². The molecule has 0 spiro atoms. The van der Waals surface area contributed by atoms with Gasteiger partial charge in [-0.15, -0.1) is 0 Å². The van der Waals surface area contributed by atoms with Crippen molar-refractivity contribution in [3.8, 4) is 0 Å². The van der Waals surface area contributed by atoms with Crippen molar-refractivity contribution in [3.63, 3.8) is 0 Å². The van der Waals surface area contributed by atoms with Gasteiger partial charge in [0.05, 0.1) is 12.2 Å². The molecule has 0 aromatic carbocycles. The molecule has 1 unspecified atom stereocenters. The molecule has 5 heteroatoms. The summed E-state index contributed by atoms with van der Waals surface area (Å²) in [4.78, 5) is 23.0. The van der Waals surface area contributed by atoms with Gasteiger partial charge < -0.3 is 14.8 Å². The van der Waals surface area contributed by atoms with E-state index >= 15 is 0 Å². The fourth-order valence-electron chi connectivity index (χ4n) is 1.89. The molecule has 106 valence electrons. The van der Waals surface area contributed by atoms with Gasteiger partial charge in [0.2, 0.25) is 0 Å². The average Bonchev–Trinajstić information content (AvgIpc) is 2.68. The van der Waals surface area contributed by atoms with E-state index in [0.29, 0.717) is 6.42 Å². The molecule has 1 heterocycles. The van der Waals surface area contributed by atoms with Gasteiger partial charge in [-0.25, -0.2) is 0 Å². The summed E-state index contributed by atoms with van der Waals surface area (Å²) in [5.74, 6) is -1.63. The zero-order valence-electron chi connectivity index (χ0n) is 11.8. The molecule has 0 bridgehead atoms. The summed E-state index contributed by atoms with van der Waals surface area (Å²) in [6.07, 6.45) is 1.94. The van der Waals surface area contributed by atoms with Crippen LogP contribution in [0.3, 0.4) is 0 Å². The van der Waals surface area contributed by atoms with E-state index in [4.69, 9.17) is 9.52 Å². The molecular weight excluding hydrogens is 246 g/mol. The number of amides is 1. The third-order valence-corrected chi connectivity index (χ3v) is 2.79. The van der Waals surface area contributed by atoms with Crippen molar-refractivity contribution in [2.45, 2.75) is 34.1 Å². The first-order valence-corrected chi connectivity index (χ1v) is 6.26. The number of carbonyl (C=O) groups excluding carboxylic acids is 1. The van der Waals surface area contributed by atoms with Crippen molar-refractivity contribution in [2.75, 3.05) is 6.54 Å². The van der Waals surface area contributed by atoms with Crippen LogP contribution >= 0.6 is 0 Å². The second kappa shape index (κ2) is 5.91. The average molecular weight is 267 g/mol. The molecule has 0 aliphatic rings. The Hall–Kier alpha value is -1.78. The lowest BCUT2D eigenvalue weighted by Crippen LogP contribution is -2.35. The van der Waals surface area contributed by atoms with Crippen molar-refractivity contribution >= 4 is 11.9 Å². The number of furan rings is 1. The van der Waals surface area contributed by atoms with Crippen LogP contribution < -0.4 is 5.32 Å². The minimum atomic E-state index is -0.897. The minimum Gasteiger partial charge on any atom is -0.481 e. The molecule has 0 aliphatic heterocycles. The van der Waals surface area contributed by atoms with E-state index in [0.717, 1.165) is 5.56 Å². The lowest BCUT2D eigenvalue weighted by atomic mass is 9.84. The summed E-state index contributed by atoms with van der Waals surface area (Å²) in [7, 11) is 0. The number of aryl methyl sites for hydroxylation is 1. The topological polar surface area (TPSA) is 79.5 Å². The Morgan fingerprint density at radius 3 is 2.47 bits per heavy atom. The van der Waals surface area contributed by atoms with E-state index in [1.165, 1.54) is 6.26 Å². The first-order chi connectivity index (χ1) is 8.70. The van der Waals surface area contributed by atoms with E-state index in [9.17, 15) is 9.59 Å². The monoisotopic (exact) mass is 267 g/mol. The quantitative estimate of drug-likeness (QED) is 0.858. The van der Waals surface area contributed by atoms with Gasteiger partial charge in [-0.1, -0.05) is 20.8 Å². The van der Waals surface area contributed by atoms with Crippen LogP contribution in [0.25, 0.3) is 0 Å². The van der Waals surface area contributed by atoms with Crippen LogP contribution in [0.15, 0.2) is 16.7 Å². The van der Waals surface area contributed by atoms with Crippen molar-refractivity contribution < 1.29 is 19.1 Å². The number of nitrogens with one attached hydrogen (secondary N) is 1. The van der Waals surface area contributed by atoms with Gasteiger partial charge in [0.25, 0.3) is 5.91 Å². The first kappa shape index (κ1) is 15.3. The van der Waals surface area contributed by atoms with E-state index in [1.807, 2.05) is 20.8 Å². The number of aliphatic carboxylic acids is 1. The summed E-state index contributed by atoms with van der Waals surface area (Å²) in [6.45, 7) is 7.79. The molecule has 1 amide bonds. The van der Waals surface area contributed by atoms with E-state index in [1.54, 1.807) is 13.0 Å². The highest BCUT2D eigenvalue weighted by molar-refractivity contribution is 5.93. The summed E-state index contributed by atoms with van der Waals surface area (Å²) >= 11 is 0. The third-order valence-electron chi connectivity index (χ3n) is 2.79. The van der Waals surface area contributed by atoms with Gasteiger partial charge in [0.15, 0.2) is 5.76 Å². The van der Waals surface area contributed by atoms with Crippen LogP contribution in [-0.2, 0) is 4.79 Å². The molecule has 0 saturated carbocycles. The largest absolute Gasteiger partial charge is 0.481 e. The van der Waals surface area contributed by atoms with Gasteiger partial charge in [-0.05, 0) is 24.8 Å². The van der Waals surface area contributed by atoms with Crippen LogP contribution in [0.5, 0.6) is 0 Å². The summed E-state index contributed by atoms with van der Waals surface area (Å²) in [6, 6.07) is 1.69. The normalized spacial score (nSPS) is 13.1. The van der Waals surface area contributed by atoms with E-state index < -0.39 is 11.9 Å². The third kappa shape index (κ3) is 4.77. The second-order valence-electron chi connectivity index (χ2n) is 5.94. The number of carbonyl (C=O) groups is 2. The molecule has 1 aromatic rings. The smallest absolute Gasteiger partial charge is 0.308 e. The van der Waals surface area contributed by atoms with Crippen molar-refractivity contribution in [2.24, 2.45) is 11.3 Å². The number of rotatable bonds is 5. The predicted molar refractivity (Wildman–Crippen MR) is 71.0 cm³/mol. The Bertz CT molecular complexity index is 456. The fraction of sp³-hybridized carbons (Fsp3) is 0.571. The fourth-order valence-corrected chi connectivity index (χ4v) is 1.89. The Kier molecular flexibility index (Phi) is 4.75. The summed E-state index contributed by atoms with van der Waals surface area (Å²) in [5, 5.41) is 11.8. The van der Waals surface area contributed by atoms with E-state index in [2.05, 4.69) is 5.32 Å². The van der Waals surface area contributed by atoms with Gasteiger partial charge in [-0.3, -0.25) is 9.59 Å². The van der Waals surface area contributed by atoms with Crippen molar-refractivity contribution in [1.82, 2.24) is 5.32 Å². The maximum Gasteiger partial charge on any atom is 0.308 e. The second-order valence-corrected chi connectivity index (χ2v) is 5.94. The van der Waals surface area contributed by atoms with Crippen LogP contribution in [0, 0.1) is 18.3 Å². The SMILES string of the molecule is Cc1ccoc1C(=O)NCC(CC(C)(C)C)C(=O)O. The van der Waals surface area contributed by atoms with E-state index in [-0.39, 0.29) is 23.6 Å². The zero-order chi connectivity index (χ0) is 14.6. The predicted octanol–water partition coefficient (Wildman–Crippen LogP) is 2.45. The Morgan fingerprint density at radius 1 is 1.42 bits per heavy atom. The van der Waals surface area contributed by atoms with Crippen LogP contribution in [-0.4, -0.2) is 23.5 Å². The molecule has 5 nitrogen and oxygen atoms in total. The molecule has 1 aromatic heterocycles. The molecule has 1 rings (SSSR count). The maximum atomic E-state index is 11.8. The lowest BCUT2D eigenvalue weighted by molar-refractivity contribution is -0.142. The molecule has 19 heavy (non-hydrogen) atoms. The van der Waals surface area contributed by atoms with Crippen LogP contribution in [0.1, 0.15) is 43.3 Å². The Morgan fingerprint density at radius 2 is 2.05 bits per heavy atom. The lowest BCUT2D eigenvalue weighted by Gasteiger charge is -2.23. The van der Waals surface area contributed by atoms with Gasteiger partial charge in [0.1, 0.15) is 0 Å². The minimum absolute atomic E-state index is 0.103. The number of carboxylic acid groups (broad SMARTS) is 1. The number of hydrogen-bond acceptors (Lipinski definition) is 3. The van der Waals surface area contributed by atoms with Gasteiger partial charge in [0, 0.05) is 12.1 Å². The van der Waals surface area contributed by atoms with Crippen LogP contribution in [0.4, 0.5) is 0 Å². The number of carboxylic acids is 1. The molecule has 2 N–H and O–H groups in total. The zero-order valence-corrected chi connectivity index (χ0v) is 11.8. The molecular formula is C14H21NO4. The highest BCUT2D eigenvalue weighted by Crippen LogP contribution is 2.24. The highest BCUT2D eigenvalue weighted by atomic mass is 16.4. The highest BCUT2D eigenvalue weighted by Gasteiger charge is 2.25. The first-order valence-electron chi connectivity index (χ1n) is 6.26. The molecule has 0 radical (unpaired) electrons. The molecule has 0 saturated heterocycles. The number of hydrogen-bond donors (Lipinski definition) is 2. The molecule has 0 fully saturated rings. The molecule has 1 atom stereocenters. The van der Waals surface area contributed by atoms with Gasteiger partial charge >= 0.3 is 5.97 Å². The summed E-state index contributed by atoms with van der Waals surface area (Å²) in [5.41, 5.74) is 0.633. The maximum absolute atomic E-state index is 11.8. The standard InChI is InChI=1S/C14H21NO4/c1-9-5-6-19-11(9)12(16)15-8-10(13(17)18)7-14(2,3)4/h5-6,10H,7-8H2,1-4H3,(H,15,16)(H,17,18). The Balaban J connectivity index is 2.60. The van der Waals surface area contributed by atoms with Gasteiger partial charge in [-0.2, -0.15) is 0 Å². The molecule has 0 aliphatic carbocycles. The Labute approximate surface area is 113 Å². The van der Waals surface area contributed by atoms with Crippen molar-refractivity contribution in [1.29, 1.82) is 0 Å². The summed E-state index contributed by atoms with van der Waals surface area (Å²) < 4.78 is 5.06.